The van der Waals surface area contributed by atoms with Gasteiger partial charge >= 0.3 is 0 Å². The summed E-state index contributed by atoms with van der Waals surface area (Å²) in [6, 6.07) is 14.9. The van der Waals surface area contributed by atoms with Gasteiger partial charge in [-0.15, -0.1) is 24.0 Å². The Labute approximate surface area is 186 Å². The number of halogens is 1. The lowest BCUT2D eigenvalue weighted by atomic mass is 10.1. The molecule has 0 atom stereocenters. The van der Waals surface area contributed by atoms with Gasteiger partial charge in [0.15, 0.2) is 5.96 Å². The van der Waals surface area contributed by atoms with Crippen molar-refractivity contribution in [3.63, 3.8) is 0 Å². The standard InChI is InChI=1S/C22H31N5.HI/c1-23-22(25-14-12-21-7-3-4-13-24-21)26-17-19-8-10-20(11-9-19)18-27-15-5-2-6-16-27;/h3-4,7-11,13H,2,5-6,12,14-18H2,1H3,(H2,23,25,26);1H. The molecule has 3 rings (SSSR count). The first-order chi connectivity index (χ1) is 13.3. The van der Waals surface area contributed by atoms with Gasteiger partial charge in [-0.25, -0.2) is 0 Å². The van der Waals surface area contributed by atoms with E-state index in [4.69, 9.17) is 0 Å². The van der Waals surface area contributed by atoms with Crippen molar-refractivity contribution < 1.29 is 0 Å². The van der Waals surface area contributed by atoms with Crippen molar-refractivity contribution in [3.05, 3.63) is 65.5 Å². The summed E-state index contributed by atoms with van der Waals surface area (Å²) in [7, 11) is 1.80. The van der Waals surface area contributed by atoms with Crippen LogP contribution >= 0.6 is 24.0 Å². The summed E-state index contributed by atoms with van der Waals surface area (Å²) < 4.78 is 0. The Kier molecular flexibility index (Phi) is 10.3. The molecule has 1 aromatic carbocycles. The van der Waals surface area contributed by atoms with Gasteiger partial charge in [0.25, 0.3) is 0 Å². The lowest BCUT2D eigenvalue weighted by molar-refractivity contribution is 0.221. The highest BCUT2D eigenvalue weighted by atomic mass is 127. The first kappa shape index (κ1) is 22.6. The molecule has 1 aliphatic heterocycles. The van der Waals surface area contributed by atoms with E-state index in [1.807, 2.05) is 24.4 Å². The van der Waals surface area contributed by atoms with Crippen molar-refractivity contribution in [2.45, 2.75) is 38.8 Å². The van der Waals surface area contributed by atoms with E-state index >= 15 is 0 Å². The fourth-order valence-corrected chi connectivity index (χ4v) is 3.40. The SMILES string of the molecule is CN=C(NCCc1ccccn1)NCc1ccc(CN2CCCCC2)cc1.I. The second kappa shape index (κ2) is 12.7. The van der Waals surface area contributed by atoms with E-state index in [1.54, 1.807) is 7.05 Å². The molecule has 0 saturated carbocycles. The van der Waals surface area contributed by atoms with Gasteiger partial charge in [0.05, 0.1) is 0 Å². The second-order valence-corrected chi connectivity index (χ2v) is 7.08. The van der Waals surface area contributed by atoms with Crippen molar-refractivity contribution in [2.75, 3.05) is 26.7 Å². The minimum Gasteiger partial charge on any atom is -0.356 e. The van der Waals surface area contributed by atoms with E-state index < -0.39 is 0 Å². The number of guanidine groups is 1. The predicted octanol–water partition coefficient (Wildman–Crippen LogP) is 3.59. The summed E-state index contributed by atoms with van der Waals surface area (Å²) in [6.07, 6.45) is 6.78. The minimum atomic E-state index is 0. The number of likely N-dealkylation sites (tertiary alicyclic amines) is 1. The van der Waals surface area contributed by atoms with Crippen molar-refractivity contribution in [1.29, 1.82) is 0 Å². The van der Waals surface area contributed by atoms with Gasteiger partial charge in [-0.2, -0.15) is 0 Å². The van der Waals surface area contributed by atoms with E-state index in [0.717, 1.165) is 37.7 Å². The molecule has 1 fully saturated rings. The van der Waals surface area contributed by atoms with Gasteiger partial charge < -0.3 is 10.6 Å². The molecule has 5 nitrogen and oxygen atoms in total. The highest BCUT2D eigenvalue weighted by molar-refractivity contribution is 14.0. The molecule has 1 saturated heterocycles. The average Bonchev–Trinajstić information content (AvgIpc) is 2.73. The molecule has 0 radical (unpaired) electrons. The normalized spacial score (nSPS) is 15.0. The van der Waals surface area contributed by atoms with Crippen LogP contribution in [0.3, 0.4) is 0 Å². The molecular weight excluding hydrogens is 461 g/mol. The summed E-state index contributed by atoms with van der Waals surface area (Å²) in [6.45, 7) is 5.14. The van der Waals surface area contributed by atoms with Crippen LogP contribution in [0.15, 0.2) is 53.7 Å². The Morgan fingerprint density at radius 3 is 2.43 bits per heavy atom. The quantitative estimate of drug-likeness (QED) is 0.352. The predicted molar refractivity (Wildman–Crippen MR) is 127 cm³/mol. The molecular formula is C22H32IN5. The monoisotopic (exact) mass is 493 g/mol. The summed E-state index contributed by atoms with van der Waals surface area (Å²) in [5.41, 5.74) is 3.76. The van der Waals surface area contributed by atoms with Crippen LogP contribution in [-0.4, -0.2) is 42.5 Å². The summed E-state index contributed by atoms with van der Waals surface area (Å²) in [4.78, 5) is 11.2. The second-order valence-electron chi connectivity index (χ2n) is 7.08. The maximum atomic E-state index is 4.34. The number of aromatic nitrogens is 1. The maximum absolute atomic E-state index is 4.34. The number of rotatable bonds is 7. The summed E-state index contributed by atoms with van der Waals surface area (Å²) in [5.74, 6) is 0.823. The fraction of sp³-hybridized carbons (Fsp3) is 0.455. The molecule has 152 valence electrons. The van der Waals surface area contributed by atoms with Crippen molar-refractivity contribution >= 4 is 29.9 Å². The third-order valence-electron chi connectivity index (χ3n) is 4.96. The van der Waals surface area contributed by atoms with Crippen molar-refractivity contribution in [2.24, 2.45) is 4.99 Å². The van der Waals surface area contributed by atoms with Gasteiger partial charge in [0.1, 0.15) is 0 Å². The van der Waals surface area contributed by atoms with Gasteiger partial charge in [-0.05, 0) is 49.2 Å². The van der Waals surface area contributed by atoms with Crippen molar-refractivity contribution in [1.82, 2.24) is 20.5 Å². The third-order valence-corrected chi connectivity index (χ3v) is 4.96. The Hall–Kier alpha value is -1.67. The molecule has 0 amide bonds. The van der Waals surface area contributed by atoms with Gasteiger partial charge in [-0.3, -0.25) is 14.9 Å². The number of nitrogens with one attached hydrogen (secondary N) is 2. The summed E-state index contributed by atoms with van der Waals surface area (Å²) >= 11 is 0. The van der Waals surface area contributed by atoms with Crippen LogP contribution in [0.2, 0.25) is 0 Å². The molecule has 2 heterocycles. The first-order valence-corrected chi connectivity index (χ1v) is 9.98. The molecule has 1 aromatic heterocycles. The van der Waals surface area contributed by atoms with Crippen LogP contribution in [0, 0.1) is 0 Å². The largest absolute Gasteiger partial charge is 0.356 e. The highest BCUT2D eigenvalue weighted by Gasteiger charge is 2.10. The van der Waals surface area contributed by atoms with Crippen LogP contribution in [0.1, 0.15) is 36.1 Å². The Morgan fingerprint density at radius 1 is 1.00 bits per heavy atom. The van der Waals surface area contributed by atoms with Gasteiger partial charge in [0, 0.05) is 45.0 Å². The van der Waals surface area contributed by atoms with Gasteiger partial charge in [-0.1, -0.05) is 36.8 Å². The number of piperidine rings is 1. The van der Waals surface area contributed by atoms with Gasteiger partial charge in [0.2, 0.25) is 0 Å². The third kappa shape index (κ3) is 7.75. The zero-order valence-corrected chi connectivity index (χ0v) is 19.1. The van der Waals surface area contributed by atoms with Crippen LogP contribution in [0.5, 0.6) is 0 Å². The van der Waals surface area contributed by atoms with E-state index in [1.165, 1.54) is 43.5 Å². The number of aliphatic imine (C=N–C) groups is 1. The van der Waals surface area contributed by atoms with Crippen LogP contribution < -0.4 is 10.6 Å². The van der Waals surface area contributed by atoms with Crippen LogP contribution in [0.4, 0.5) is 0 Å². The molecule has 28 heavy (non-hydrogen) atoms. The molecule has 1 aliphatic rings. The van der Waals surface area contributed by atoms with E-state index in [0.29, 0.717) is 0 Å². The molecule has 0 unspecified atom stereocenters. The molecule has 0 spiro atoms. The number of pyridine rings is 1. The number of nitrogens with zero attached hydrogens (tertiary/aromatic N) is 3. The Balaban J connectivity index is 0.00000280. The maximum Gasteiger partial charge on any atom is 0.191 e. The van der Waals surface area contributed by atoms with E-state index in [-0.39, 0.29) is 24.0 Å². The number of hydrogen-bond acceptors (Lipinski definition) is 3. The lowest BCUT2D eigenvalue weighted by Gasteiger charge is -2.26. The van der Waals surface area contributed by atoms with Crippen LogP contribution in [0.25, 0.3) is 0 Å². The zero-order valence-electron chi connectivity index (χ0n) is 16.7. The smallest absolute Gasteiger partial charge is 0.191 e. The Morgan fingerprint density at radius 2 is 1.75 bits per heavy atom. The summed E-state index contributed by atoms with van der Waals surface area (Å²) in [5, 5.41) is 6.73. The number of hydrogen-bond donors (Lipinski definition) is 2. The lowest BCUT2D eigenvalue weighted by Crippen LogP contribution is -2.37. The zero-order chi connectivity index (χ0) is 18.7. The molecule has 2 N–H and O–H groups in total. The van der Waals surface area contributed by atoms with Crippen molar-refractivity contribution in [3.8, 4) is 0 Å². The average molecular weight is 493 g/mol. The van der Waals surface area contributed by atoms with Crippen LogP contribution in [-0.2, 0) is 19.5 Å². The molecule has 6 heteroatoms. The minimum absolute atomic E-state index is 0. The first-order valence-electron chi connectivity index (χ1n) is 9.98. The number of benzene rings is 1. The molecule has 0 bridgehead atoms. The fourth-order valence-electron chi connectivity index (χ4n) is 3.40. The van der Waals surface area contributed by atoms with E-state index in [9.17, 15) is 0 Å². The topological polar surface area (TPSA) is 52.6 Å². The molecule has 0 aliphatic carbocycles. The molecule has 2 aromatic rings. The Bertz CT molecular complexity index is 697. The highest BCUT2D eigenvalue weighted by Crippen LogP contribution is 2.13. The van der Waals surface area contributed by atoms with E-state index in [2.05, 4.69) is 49.8 Å².